The Morgan fingerprint density at radius 3 is 2.42 bits per heavy atom. The van der Waals surface area contributed by atoms with Gasteiger partial charge in [-0.05, 0) is 48.9 Å². The van der Waals surface area contributed by atoms with Gasteiger partial charge in [-0.15, -0.1) is 0 Å². The van der Waals surface area contributed by atoms with Gasteiger partial charge in [0.15, 0.2) is 5.52 Å². The Labute approximate surface area is 220 Å². The van der Waals surface area contributed by atoms with Gasteiger partial charge in [0.25, 0.3) is 0 Å². The van der Waals surface area contributed by atoms with E-state index < -0.39 is 16.1 Å². The van der Waals surface area contributed by atoms with Gasteiger partial charge < -0.3 is 15.0 Å². The first-order valence-electron chi connectivity index (χ1n) is 11.7. The fourth-order valence-corrected chi connectivity index (χ4v) is 4.61. The molecule has 0 aliphatic carbocycles. The van der Waals surface area contributed by atoms with Crippen LogP contribution in [-0.2, 0) is 16.6 Å². The first-order valence-corrected chi connectivity index (χ1v) is 13.5. The fraction of sp³-hybridized carbons (Fsp3) is 0.231. The maximum atomic E-state index is 13.2. The van der Waals surface area contributed by atoms with Gasteiger partial charge in [0, 0.05) is 26.2 Å². The van der Waals surface area contributed by atoms with E-state index in [1.165, 1.54) is 31.1 Å². The molecule has 0 aliphatic rings. The number of amides is 2. The standard InChI is InChI=1S/C26H27FN6O4S/c1-5-37-24-23-22(30-25(31-24)28-16-17-9-11-19(27)12-10-17)14-13-21(29-23)18-7-6-8-20(15-18)33(38(4,35)36)26(34)32(2)3/h6-15H,5,16H2,1-4H3,(H,28,30,31). The first kappa shape index (κ1) is 26.7. The Hall–Kier alpha value is -4.32. The molecule has 0 unspecified atom stereocenters. The van der Waals surface area contributed by atoms with Crippen molar-refractivity contribution in [3.05, 3.63) is 72.0 Å². The van der Waals surface area contributed by atoms with Crippen molar-refractivity contribution in [3.8, 4) is 17.1 Å². The van der Waals surface area contributed by atoms with Crippen molar-refractivity contribution in [1.82, 2.24) is 19.9 Å². The van der Waals surface area contributed by atoms with Crippen LogP contribution in [0.15, 0.2) is 60.7 Å². The molecule has 2 amide bonds. The molecule has 12 heteroatoms. The number of anilines is 2. The molecule has 1 N–H and O–H groups in total. The Bertz CT molecular complexity index is 1580. The lowest BCUT2D eigenvalue weighted by Crippen LogP contribution is -2.42. The van der Waals surface area contributed by atoms with Crippen molar-refractivity contribution in [2.45, 2.75) is 13.5 Å². The number of nitrogens with zero attached hydrogens (tertiary/aromatic N) is 5. The van der Waals surface area contributed by atoms with Crippen molar-refractivity contribution in [2.75, 3.05) is 36.6 Å². The molecule has 198 valence electrons. The number of urea groups is 1. The zero-order valence-electron chi connectivity index (χ0n) is 21.3. The largest absolute Gasteiger partial charge is 0.476 e. The van der Waals surface area contributed by atoms with E-state index in [1.807, 2.05) is 6.92 Å². The lowest BCUT2D eigenvalue weighted by Gasteiger charge is -2.24. The molecule has 10 nitrogen and oxygen atoms in total. The molecule has 0 saturated carbocycles. The number of fused-ring (bicyclic) bond motifs is 1. The van der Waals surface area contributed by atoms with Gasteiger partial charge in [0.2, 0.25) is 21.9 Å². The summed E-state index contributed by atoms with van der Waals surface area (Å²) in [6, 6.07) is 15.5. The van der Waals surface area contributed by atoms with Crippen molar-refractivity contribution in [1.29, 1.82) is 0 Å². The highest BCUT2D eigenvalue weighted by atomic mass is 32.2. The molecule has 2 aromatic heterocycles. The zero-order valence-corrected chi connectivity index (χ0v) is 22.2. The highest BCUT2D eigenvalue weighted by Gasteiger charge is 2.27. The number of rotatable bonds is 8. The van der Waals surface area contributed by atoms with Crippen LogP contribution in [0.5, 0.6) is 5.88 Å². The van der Waals surface area contributed by atoms with Gasteiger partial charge in [-0.3, -0.25) is 0 Å². The van der Waals surface area contributed by atoms with Crippen molar-refractivity contribution in [3.63, 3.8) is 0 Å². The van der Waals surface area contributed by atoms with Crippen LogP contribution in [0.1, 0.15) is 12.5 Å². The maximum absolute atomic E-state index is 13.2. The average Bonchev–Trinajstić information content (AvgIpc) is 2.87. The molecule has 4 aromatic rings. The number of benzene rings is 2. The molecule has 0 atom stereocenters. The molecule has 0 spiro atoms. The quantitative estimate of drug-likeness (QED) is 0.353. The Morgan fingerprint density at radius 1 is 1.03 bits per heavy atom. The van der Waals surface area contributed by atoms with Crippen LogP contribution in [0.3, 0.4) is 0 Å². The lowest BCUT2D eigenvalue weighted by molar-refractivity contribution is 0.227. The molecule has 2 heterocycles. The summed E-state index contributed by atoms with van der Waals surface area (Å²) >= 11 is 0. The van der Waals surface area contributed by atoms with Crippen LogP contribution in [0.4, 0.5) is 20.8 Å². The Balaban J connectivity index is 1.70. The summed E-state index contributed by atoms with van der Waals surface area (Å²) in [5.41, 5.74) is 3.11. The molecule has 0 aliphatic heterocycles. The topological polar surface area (TPSA) is 118 Å². The smallest absolute Gasteiger partial charge is 0.337 e. The van der Waals surface area contributed by atoms with E-state index in [0.717, 1.165) is 16.1 Å². The van der Waals surface area contributed by atoms with Gasteiger partial charge in [-0.1, -0.05) is 24.3 Å². The third-order valence-corrected chi connectivity index (χ3v) is 6.45. The number of carbonyl (C=O) groups excluding carboxylic acids is 1. The molecule has 0 radical (unpaired) electrons. The number of halogens is 1. The van der Waals surface area contributed by atoms with E-state index in [1.54, 1.807) is 48.5 Å². The molecule has 0 bridgehead atoms. The van der Waals surface area contributed by atoms with Crippen molar-refractivity contribution < 1.29 is 22.3 Å². The second-order valence-corrected chi connectivity index (χ2v) is 10.4. The zero-order chi connectivity index (χ0) is 27.4. The highest BCUT2D eigenvalue weighted by Crippen LogP contribution is 2.29. The second kappa shape index (κ2) is 11.0. The number of nitrogens with one attached hydrogen (secondary N) is 1. The van der Waals surface area contributed by atoms with Crippen LogP contribution >= 0.6 is 0 Å². The number of hydrogen-bond donors (Lipinski definition) is 1. The first-order chi connectivity index (χ1) is 18.1. The van der Waals surface area contributed by atoms with Crippen molar-refractivity contribution in [2.24, 2.45) is 0 Å². The predicted octanol–water partition coefficient (Wildman–Crippen LogP) is 4.29. The van der Waals surface area contributed by atoms with Crippen LogP contribution in [0.25, 0.3) is 22.3 Å². The van der Waals surface area contributed by atoms with Crippen LogP contribution in [-0.4, -0.2) is 61.3 Å². The van der Waals surface area contributed by atoms with Crippen LogP contribution < -0.4 is 14.4 Å². The van der Waals surface area contributed by atoms with Gasteiger partial charge in [-0.25, -0.2) is 27.6 Å². The molecule has 0 saturated heterocycles. The fourth-order valence-electron chi connectivity index (χ4n) is 3.67. The minimum Gasteiger partial charge on any atom is -0.476 e. The maximum Gasteiger partial charge on any atom is 0.337 e. The van der Waals surface area contributed by atoms with Crippen LogP contribution in [0.2, 0.25) is 0 Å². The molecular weight excluding hydrogens is 511 g/mol. The average molecular weight is 539 g/mol. The van der Waals surface area contributed by atoms with E-state index >= 15 is 0 Å². The number of pyridine rings is 1. The SMILES string of the molecule is CCOc1nc(NCc2ccc(F)cc2)nc2ccc(-c3cccc(N(C(=O)N(C)C)S(C)(=O)=O)c3)nc12. The van der Waals surface area contributed by atoms with E-state index in [-0.39, 0.29) is 17.4 Å². The van der Waals surface area contributed by atoms with E-state index in [2.05, 4.69) is 15.3 Å². The second-order valence-electron chi connectivity index (χ2n) is 8.58. The summed E-state index contributed by atoms with van der Waals surface area (Å²) in [5, 5.41) is 3.12. The van der Waals surface area contributed by atoms with Gasteiger partial charge in [0.05, 0.1) is 29.8 Å². The van der Waals surface area contributed by atoms with Gasteiger partial charge >= 0.3 is 6.03 Å². The number of carbonyl (C=O) groups is 1. The summed E-state index contributed by atoms with van der Waals surface area (Å²) in [6.45, 7) is 2.56. The van der Waals surface area contributed by atoms with Crippen molar-refractivity contribution >= 4 is 38.7 Å². The van der Waals surface area contributed by atoms with Crippen LogP contribution in [0, 0.1) is 5.82 Å². The normalized spacial score (nSPS) is 11.3. The summed E-state index contributed by atoms with van der Waals surface area (Å²) < 4.78 is 44.5. The summed E-state index contributed by atoms with van der Waals surface area (Å²) in [6.07, 6.45) is 0.975. The minimum absolute atomic E-state index is 0.187. The number of ether oxygens (including phenoxy) is 1. The number of sulfonamides is 1. The summed E-state index contributed by atoms with van der Waals surface area (Å²) in [7, 11) is -0.927. The molecular formula is C26H27FN6O4S. The predicted molar refractivity (Wildman–Crippen MR) is 144 cm³/mol. The van der Waals surface area contributed by atoms with Gasteiger partial charge in [0.1, 0.15) is 5.82 Å². The third-order valence-electron chi connectivity index (χ3n) is 5.42. The third kappa shape index (κ3) is 5.97. The number of aromatic nitrogens is 3. The molecule has 38 heavy (non-hydrogen) atoms. The Kier molecular flexibility index (Phi) is 7.72. The highest BCUT2D eigenvalue weighted by molar-refractivity contribution is 7.92. The Morgan fingerprint density at radius 2 is 1.76 bits per heavy atom. The molecule has 0 fully saturated rings. The molecule has 2 aromatic carbocycles. The monoisotopic (exact) mass is 538 g/mol. The summed E-state index contributed by atoms with van der Waals surface area (Å²) in [5.74, 6) is 0.292. The van der Waals surface area contributed by atoms with Gasteiger partial charge in [-0.2, -0.15) is 9.29 Å². The lowest BCUT2D eigenvalue weighted by atomic mass is 10.1. The molecule has 4 rings (SSSR count). The minimum atomic E-state index is -3.89. The van der Waals surface area contributed by atoms with E-state index in [4.69, 9.17) is 9.72 Å². The number of hydrogen-bond acceptors (Lipinski definition) is 8. The summed E-state index contributed by atoms with van der Waals surface area (Å²) in [4.78, 5) is 27.5. The van der Waals surface area contributed by atoms with E-state index in [0.29, 0.717) is 41.4 Å². The van der Waals surface area contributed by atoms with E-state index in [9.17, 15) is 17.6 Å².